The van der Waals surface area contributed by atoms with Gasteiger partial charge in [-0.25, -0.2) is 4.79 Å². The van der Waals surface area contributed by atoms with Crippen LogP contribution >= 0.6 is 0 Å². The lowest BCUT2D eigenvalue weighted by Gasteiger charge is -2.24. The van der Waals surface area contributed by atoms with E-state index in [9.17, 15) is 14.4 Å². The molecule has 0 heterocycles. The summed E-state index contributed by atoms with van der Waals surface area (Å²) < 4.78 is 4.71. The van der Waals surface area contributed by atoms with Crippen LogP contribution in [0.5, 0.6) is 0 Å². The molecule has 1 rings (SSSR count). The van der Waals surface area contributed by atoms with Crippen LogP contribution in [0.15, 0.2) is 30.3 Å². The monoisotopic (exact) mass is 320 g/mol. The first-order valence-electron chi connectivity index (χ1n) is 7.54. The molecule has 0 radical (unpaired) electrons. The molecule has 0 spiro atoms. The maximum atomic E-state index is 12.5. The van der Waals surface area contributed by atoms with Gasteiger partial charge in [0.15, 0.2) is 0 Å². The van der Waals surface area contributed by atoms with E-state index in [-0.39, 0.29) is 11.8 Å². The highest BCUT2D eigenvalue weighted by Gasteiger charge is 2.28. The standard InChI is InChI=1S/C17H24N2O4/c1-11(2)15(17(22)23-4)19-16(21)14(18-12(3)20)10-13-8-6-5-7-9-13/h5-9,11,14-15H,10H2,1-4H3,(H,18,20)(H,19,21)/t14-,15+/m1/s1. The third kappa shape index (κ3) is 6.10. The van der Waals surface area contributed by atoms with E-state index in [4.69, 9.17) is 4.74 Å². The summed E-state index contributed by atoms with van der Waals surface area (Å²) in [7, 11) is 1.28. The van der Waals surface area contributed by atoms with E-state index in [1.165, 1.54) is 14.0 Å². The zero-order valence-corrected chi connectivity index (χ0v) is 14.0. The fourth-order valence-electron chi connectivity index (χ4n) is 2.18. The Labute approximate surface area is 136 Å². The normalized spacial score (nSPS) is 13.1. The van der Waals surface area contributed by atoms with Crippen molar-refractivity contribution < 1.29 is 19.1 Å². The Morgan fingerprint density at radius 2 is 1.70 bits per heavy atom. The Kier molecular flexibility index (Phi) is 7.25. The van der Waals surface area contributed by atoms with Crippen molar-refractivity contribution in [1.29, 1.82) is 0 Å². The summed E-state index contributed by atoms with van der Waals surface area (Å²) in [4.78, 5) is 35.6. The second-order valence-corrected chi connectivity index (χ2v) is 5.70. The predicted octanol–water partition coefficient (Wildman–Crippen LogP) is 1.05. The first kappa shape index (κ1) is 18.7. The van der Waals surface area contributed by atoms with Gasteiger partial charge in [0.25, 0.3) is 0 Å². The summed E-state index contributed by atoms with van der Waals surface area (Å²) in [6.45, 7) is 4.98. The van der Waals surface area contributed by atoms with Crippen molar-refractivity contribution in [2.45, 2.75) is 39.3 Å². The molecule has 126 valence electrons. The average molecular weight is 320 g/mol. The second-order valence-electron chi connectivity index (χ2n) is 5.70. The van der Waals surface area contributed by atoms with Gasteiger partial charge >= 0.3 is 5.97 Å². The van der Waals surface area contributed by atoms with Crippen molar-refractivity contribution >= 4 is 17.8 Å². The maximum absolute atomic E-state index is 12.5. The van der Waals surface area contributed by atoms with Crippen LogP contribution in [-0.2, 0) is 25.5 Å². The molecule has 2 amide bonds. The fraction of sp³-hybridized carbons (Fsp3) is 0.471. The zero-order valence-electron chi connectivity index (χ0n) is 14.0. The third-order valence-electron chi connectivity index (χ3n) is 3.40. The van der Waals surface area contributed by atoms with E-state index in [0.717, 1.165) is 5.56 Å². The van der Waals surface area contributed by atoms with E-state index in [1.54, 1.807) is 0 Å². The fourth-order valence-corrected chi connectivity index (χ4v) is 2.18. The number of ether oxygens (including phenoxy) is 1. The Bertz CT molecular complexity index is 543. The molecule has 2 N–H and O–H groups in total. The van der Waals surface area contributed by atoms with Gasteiger partial charge in [0.2, 0.25) is 11.8 Å². The van der Waals surface area contributed by atoms with Gasteiger partial charge in [0.1, 0.15) is 12.1 Å². The molecular weight excluding hydrogens is 296 g/mol. The van der Waals surface area contributed by atoms with E-state index in [0.29, 0.717) is 6.42 Å². The minimum Gasteiger partial charge on any atom is -0.467 e. The summed E-state index contributed by atoms with van der Waals surface area (Å²) in [6, 6.07) is 7.86. The molecule has 0 fully saturated rings. The number of amides is 2. The lowest BCUT2D eigenvalue weighted by Crippen LogP contribution is -2.53. The summed E-state index contributed by atoms with van der Waals surface area (Å²) in [6.07, 6.45) is 0.345. The number of methoxy groups -OCH3 is 1. The van der Waals surface area contributed by atoms with Crippen LogP contribution in [0.1, 0.15) is 26.3 Å². The quantitative estimate of drug-likeness (QED) is 0.736. The van der Waals surface area contributed by atoms with Gasteiger partial charge in [0.05, 0.1) is 7.11 Å². The van der Waals surface area contributed by atoms with Crippen LogP contribution in [0.25, 0.3) is 0 Å². The van der Waals surface area contributed by atoms with Gasteiger partial charge in [-0.3, -0.25) is 9.59 Å². The first-order valence-corrected chi connectivity index (χ1v) is 7.54. The van der Waals surface area contributed by atoms with Crippen LogP contribution in [0.2, 0.25) is 0 Å². The number of esters is 1. The molecule has 0 aromatic heterocycles. The summed E-state index contributed by atoms with van der Waals surface area (Å²) in [5.41, 5.74) is 0.917. The first-order chi connectivity index (χ1) is 10.8. The van der Waals surface area contributed by atoms with E-state index >= 15 is 0 Å². The number of hydrogen-bond donors (Lipinski definition) is 2. The van der Waals surface area contributed by atoms with Crippen molar-refractivity contribution in [3.05, 3.63) is 35.9 Å². The van der Waals surface area contributed by atoms with Gasteiger partial charge < -0.3 is 15.4 Å². The molecule has 6 heteroatoms. The lowest BCUT2D eigenvalue weighted by molar-refractivity contribution is -0.146. The maximum Gasteiger partial charge on any atom is 0.328 e. The molecule has 0 saturated carbocycles. The van der Waals surface area contributed by atoms with Gasteiger partial charge in [-0.1, -0.05) is 44.2 Å². The molecule has 2 atom stereocenters. The highest BCUT2D eigenvalue weighted by Crippen LogP contribution is 2.07. The minimum absolute atomic E-state index is 0.124. The molecule has 0 unspecified atom stereocenters. The topological polar surface area (TPSA) is 84.5 Å². The number of nitrogens with one attached hydrogen (secondary N) is 2. The van der Waals surface area contributed by atoms with E-state index in [2.05, 4.69) is 10.6 Å². The van der Waals surface area contributed by atoms with Crippen LogP contribution in [-0.4, -0.2) is 37.0 Å². The number of carbonyl (C=O) groups excluding carboxylic acids is 3. The van der Waals surface area contributed by atoms with Crippen molar-refractivity contribution in [3.63, 3.8) is 0 Å². The largest absolute Gasteiger partial charge is 0.467 e. The van der Waals surface area contributed by atoms with Crippen LogP contribution in [0.4, 0.5) is 0 Å². The molecule has 0 bridgehead atoms. The number of rotatable bonds is 7. The van der Waals surface area contributed by atoms with E-state index in [1.807, 2.05) is 44.2 Å². The highest BCUT2D eigenvalue weighted by atomic mass is 16.5. The number of benzene rings is 1. The summed E-state index contributed by atoms with van der Waals surface area (Å²) in [5, 5.41) is 5.29. The van der Waals surface area contributed by atoms with Gasteiger partial charge in [-0.05, 0) is 11.5 Å². The van der Waals surface area contributed by atoms with Crippen molar-refractivity contribution in [1.82, 2.24) is 10.6 Å². The molecule has 0 saturated heterocycles. The zero-order chi connectivity index (χ0) is 17.4. The van der Waals surface area contributed by atoms with Crippen LogP contribution in [0, 0.1) is 5.92 Å². The van der Waals surface area contributed by atoms with Crippen molar-refractivity contribution in [3.8, 4) is 0 Å². The average Bonchev–Trinajstić information content (AvgIpc) is 2.51. The Morgan fingerprint density at radius 3 is 2.17 bits per heavy atom. The molecule has 0 aliphatic carbocycles. The second kappa shape index (κ2) is 8.92. The van der Waals surface area contributed by atoms with E-state index < -0.39 is 24.0 Å². The van der Waals surface area contributed by atoms with Gasteiger partial charge in [0, 0.05) is 13.3 Å². The highest BCUT2D eigenvalue weighted by molar-refractivity contribution is 5.90. The molecular formula is C17H24N2O4. The number of hydrogen-bond acceptors (Lipinski definition) is 4. The predicted molar refractivity (Wildman–Crippen MR) is 86.5 cm³/mol. The molecule has 6 nitrogen and oxygen atoms in total. The number of carbonyl (C=O) groups is 3. The molecule has 1 aromatic rings. The summed E-state index contributed by atoms with van der Waals surface area (Å²) >= 11 is 0. The molecule has 0 aliphatic heterocycles. The Balaban J connectivity index is 2.86. The van der Waals surface area contributed by atoms with Crippen molar-refractivity contribution in [2.24, 2.45) is 5.92 Å². The molecule has 1 aromatic carbocycles. The molecule has 0 aliphatic rings. The lowest BCUT2D eigenvalue weighted by atomic mass is 10.0. The van der Waals surface area contributed by atoms with Gasteiger partial charge in [-0.15, -0.1) is 0 Å². The van der Waals surface area contributed by atoms with Crippen LogP contribution in [0.3, 0.4) is 0 Å². The van der Waals surface area contributed by atoms with Crippen LogP contribution < -0.4 is 10.6 Å². The Hall–Kier alpha value is -2.37. The third-order valence-corrected chi connectivity index (χ3v) is 3.40. The Morgan fingerprint density at radius 1 is 1.09 bits per heavy atom. The smallest absolute Gasteiger partial charge is 0.328 e. The van der Waals surface area contributed by atoms with Gasteiger partial charge in [-0.2, -0.15) is 0 Å². The van der Waals surface area contributed by atoms with Crippen molar-refractivity contribution in [2.75, 3.05) is 7.11 Å². The SMILES string of the molecule is COC(=O)[C@@H](NC(=O)[C@@H](Cc1ccccc1)NC(C)=O)C(C)C. The minimum atomic E-state index is -0.750. The molecule has 23 heavy (non-hydrogen) atoms. The summed E-state index contributed by atoms with van der Waals surface area (Å²) in [5.74, 6) is -1.34.